The largest absolute Gasteiger partial charge is 0.339 e. The van der Waals surface area contributed by atoms with Gasteiger partial charge in [0.15, 0.2) is 0 Å². The molecule has 1 aliphatic heterocycles. The third-order valence-corrected chi connectivity index (χ3v) is 5.75. The van der Waals surface area contributed by atoms with Crippen molar-refractivity contribution in [2.45, 2.75) is 58.0 Å². The van der Waals surface area contributed by atoms with Crippen LogP contribution >= 0.6 is 11.3 Å². The van der Waals surface area contributed by atoms with Gasteiger partial charge < -0.3 is 10.2 Å². The molecule has 1 amide bonds. The summed E-state index contributed by atoms with van der Waals surface area (Å²) in [7, 11) is 1.93. The van der Waals surface area contributed by atoms with Gasteiger partial charge in [-0.25, -0.2) is 4.98 Å². The normalized spacial score (nSPS) is 25.4. The van der Waals surface area contributed by atoms with E-state index < -0.39 is 0 Å². The summed E-state index contributed by atoms with van der Waals surface area (Å²) in [6, 6.07) is 0.452. The summed E-state index contributed by atoms with van der Waals surface area (Å²) >= 11 is 1.81. The van der Waals surface area contributed by atoms with E-state index in [-0.39, 0.29) is 11.8 Å². The van der Waals surface area contributed by atoms with Gasteiger partial charge >= 0.3 is 0 Å². The molecule has 21 heavy (non-hydrogen) atoms. The topological polar surface area (TPSA) is 45.2 Å². The molecule has 0 aromatic carbocycles. The second-order valence-corrected chi connectivity index (χ2v) is 7.62. The lowest BCUT2D eigenvalue weighted by molar-refractivity contribution is -0.135. The van der Waals surface area contributed by atoms with Crippen molar-refractivity contribution in [2.24, 2.45) is 5.92 Å². The van der Waals surface area contributed by atoms with Crippen molar-refractivity contribution in [3.63, 3.8) is 0 Å². The molecule has 4 nitrogen and oxygen atoms in total. The summed E-state index contributed by atoms with van der Waals surface area (Å²) in [5, 5.41) is 4.52. The molecule has 0 bridgehead atoms. The third kappa shape index (κ3) is 3.46. The van der Waals surface area contributed by atoms with E-state index in [1.54, 1.807) is 0 Å². The van der Waals surface area contributed by atoms with Gasteiger partial charge in [0.2, 0.25) is 5.91 Å². The number of hydrogen-bond acceptors (Lipinski definition) is 4. The maximum atomic E-state index is 12.6. The minimum absolute atomic E-state index is 0.181. The van der Waals surface area contributed by atoms with Crippen LogP contribution in [0.25, 0.3) is 0 Å². The summed E-state index contributed by atoms with van der Waals surface area (Å²) in [6.07, 6.45) is 6.76. The Morgan fingerprint density at radius 2 is 2.24 bits per heavy atom. The standard InChI is InChI=1S/C16H25N3OS/c1-11-9-12(7-8-17-11)16(20)19(2)10-15-18-13-5-3-4-6-14(13)21-15/h11-12,17H,3-10H2,1-2H3/t11-,12-/m0/s1. The highest BCUT2D eigenvalue weighted by molar-refractivity contribution is 7.11. The van der Waals surface area contributed by atoms with Gasteiger partial charge in [0.1, 0.15) is 5.01 Å². The number of carbonyl (C=O) groups is 1. The molecule has 3 rings (SSSR count). The van der Waals surface area contributed by atoms with Gasteiger partial charge in [-0.3, -0.25) is 4.79 Å². The molecule has 0 spiro atoms. The Bertz CT molecular complexity index is 490. The van der Waals surface area contributed by atoms with Gasteiger partial charge in [0, 0.05) is 23.9 Å². The Kier molecular flexibility index (Phi) is 4.60. The molecule has 0 saturated carbocycles. The highest BCUT2D eigenvalue weighted by atomic mass is 32.1. The average molecular weight is 307 g/mol. The molecule has 1 aromatic rings. The number of aryl methyl sites for hydroxylation is 2. The van der Waals surface area contributed by atoms with Crippen molar-refractivity contribution in [2.75, 3.05) is 13.6 Å². The predicted octanol–water partition coefficient (Wildman–Crippen LogP) is 2.37. The number of nitrogens with zero attached hydrogens (tertiary/aromatic N) is 2. The Morgan fingerprint density at radius 3 is 3.00 bits per heavy atom. The minimum Gasteiger partial charge on any atom is -0.339 e. The average Bonchev–Trinajstić information content (AvgIpc) is 2.88. The zero-order chi connectivity index (χ0) is 14.8. The molecule has 2 aliphatic rings. The Morgan fingerprint density at radius 1 is 1.43 bits per heavy atom. The number of piperidine rings is 1. The first-order valence-corrected chi connectivity index (χ1v) is 8.91. The number of hydrogen-bond donors (Lipinski definition) is 1. The lowest BCUT2D eigenvalue weighted by Gasteiger charge is -2.30. The van der Waals surface area contributed by atoms with Crippen molar-refractivity contribution in [1.29, 1.82) is 0 Å². The molecule has 116 valence electrons. The minimum atomic E-state index is 0.181. The summed E-state index contributed by atoms with van der Waals surface area (Å²) < 4.78 is 0. The number of nitrogens with one attached hydrogen (secondary N) is 1. The van der Waals surface area contributed by atoms with Gasteiger partial charge in [-0.15, -0.1) is 11.3 Å². The number of rotatable bonds is 3. The Balaban J connectivity index is 1.61. The highest BCUT2D eigenvalue weighted by Crippen LogP contribution is 2.27. The fraction of sp³-hybridized carbons (Fsp3) is 0.750. The maximum absolute atomic E-state index is 12.6. The molecular formula is C16H25N3OS. The van der Waals surface area contributed by atoms with Crippen molar-refractivity contribution < 1.29 is 4.79 Å². The quantitative estimate of drug-likeness (QED) is 0.932. The Labute approximate surface area is 130 Å². The maximum Gasteiger partial charge on any atom is 0.225 e. The van der Waals surface area contributed by atoms with E-state index in [1.807, 2.05) is 23.3 Å². The number of thiazole rings is 1. The van der Waals surface area contributed by atoms with Crippen LogP contribution in [0.3, 0.4) is 0 Å². The lowest BCUT2D eigenvalue weighted by Crippen LogP contribution is -2.42. The van der Waals surface area contributed by atoms with Crippen LogP contribution in [0.4, 0.5) is 0 Å². The van der Waals surface area contributed by atoms with E-state index in [2.05, 4.69) is 12.2 Å². The van der Waals surface area contributed by atoms with Gasteiger partial charge in [-0.1, -0.05) is 0 Å². The zero-order valence-corrected chi connectivity index (χ0v) is 13.8. The smallest absolute Gasteiger partial charge is 0.225 e. The number of carbonyl (C=O) groups excluding carboxylic acids is 1. The Hall–Kier alpha value is -0.940. The van der Waals surface area contributed by atoms with Gasteiger partial charge in [0.05, 0.1) is 12.2 Å². The third-order valence-electron chi connectivity index (χ3n) is 4.61. The fourth-order valence-corrected chi connectivity index (χ4v) is 4.63. The first-order valence-electron chi connectivity index (χ1n) is 8.09. The molecule has 2 heterocycles. The molecule has 1 aromatic heterocycles. The SMILES string of the molecule is C[C@H]1C[C@@H](C(=O)N(C)Cc2nc3c(s2)CCCC3)CCN1. The van der Waals surface area contributed by atoms with E-state index in [4.69, 9.17) is 4.98 Å². The van der Waals surface area contributed by atoms with Crippen molar-refractivity contribution in [3.05, 3.63) is 15.6 Å². The molecule has 1 fully saturated rings. The molecule has 5 heteroatoms. The van der Waals surface area contributed by atoms with Gasteiger partial charge in [-0.05, 0) is 52.0 Å². The van der Waals surface area contributed by atoms with Gasteiger partial charge in [0.25, 0.3) is 0 Å². The summed E-state index contributed by atoms with van der Waals surface area (Å²) in [5.74, 6) is 0.470. The van der Waals surface area contributed by atoms with Crippen LogP contribution in [0.15, 0.2) is 0 Å². The van der Waals surface area contributed by atoms with Gasteiger partial charge in [-0.2, -0.15) is 0 Å². The number of fused-ring (bicyclic) bond motifs is 1. The first kappa shape index (κ1) is 15.0. The molecule has 2 atom stereocenters. The fourth-order valence-electron chi connectivity index (χ4n) is 3.42. The number of amides is 1. The second-order valence-electron chi connectivity index (χ2n) is 6.46. The summed E-state index contributed by atoms with van der Waals surface area (Å²) in [6.45, 7) is 3.79. The zero-order valence-electron chi connectivity index (χ0n) is 13.0. The molecular weight excluding hydrogens is 282 g/mol. The van der Waals surface area contributed by atoms with Crippen LogP contribution in [0.2, 0.25) is 0 Å². The lowest BCUT2D eigenvalue weighted by atomic mass is 9.92. The van der Waals surface area contributed by atoms with Crippen LogP contribution in [0, 0.1) is 5.92 Å². The van der Waals surface area contributed by atoms with Crippen molar-refractivity contribution in [1.82, 2.24) is 15.2 Å². The van der Waals surface area contributed by atoms with Crippen LogP contribution < -0.4 is 5.32 Å². The van der Waals surface area contributed by atoms with E-state index in [0.717, 1.165) is 30.8 Å². The van der Waals surface area contributed by atoms with Crippen LogP contribution in [-0.2, 0) is 24.2 Å². The van der Waals surface area contributed by atoms with Crippen LogP contribution in [0.5, 0.6) is 0 Å². The monoisotopic (exact) mass is 307 g/mol. The van der Waals surface area contributed by atoms with Crippen molar-refractivity contribution >= 4 is 17.2 Å². The van der Waals surface area contributed by atoms with E-state index >= 15 is 0 Å². The molecule has 1 aliphatic carbocycles. The van der Waals surface area contributed by atoms with Crippen molar-refractivity contribution in [3.8, 4) is 0 Å². The second kappa shape index (κ2) is 6.44. The predicted molar refractivity (Wildman–Crippen MR) is 85.4 cm³/mol. The molecule has 1 saturated heterocycles. The van der Waals surface area contributed by atoms with E-state index in [1.165, 1.54) is 29.8 Å². The van der Waals surface area contributed by atoms with Crippen LogP contribution in [-0.4, -0.2) is 35.4 Å². The van der Waals surface area contributed by atoms with E-state index in [9.17, 15) is 4.79 Å². The highest BCUT2D eigenvalue weighted by Gasteiger charge is 2.27. The van der Waals surface area contributed by atoms with E-state index in [0.29, 0.717) is 12.6 Å². The molecule has 0 unspecified atom stereocenters. The number of aromatic nitrogens is 1. The summed E-state index contributed by atoms with van der Waals surface area (Å²) in [5.41, 5.74) is 1.29. The summed E-state index contributed by atoms with van der Waals surface area (Å²) in [4.78, 5) is 20.6. The molecule has 0 radical (unpaired) electrons. The molecule has 1 N–H and O–H groups in total. The first-order chi connectivity index (χ1) is 10.1. The van der Waals surface area contributed by atoms with Crippen LogP contribution in [0.1, 0.15) is 48.2 Å².